The number of aryl methyl sites for hydroxylation is 1. The van der Waals surface area contributed by atoms with Gasteiger partial charge in [0, 0.05) is 31.1 Å². The molecule has 30 heavy (non-hydrogen) atoms. The standard InChI is InChI=1S/C23H18FN3O3/c1-15(28)21-11-19(7-8-23(21)30-18-5-3-17(24)4-6-18)29-20-9-10-25-22(12-20)16-13-26-27(2)14-16/h3-14H,1-2H3. The summed E-state index contributed by atoms with van der Waals surface area (Å²) < 4.78 is 26.5. The minimum absolute atomic E-state index is 0.177. The number of benzene rings is 2. The van der Waals surface area contributed by atoms with Crippen molar-refractivity contribution in [3.05, 3.63) is 84.6 Å². The first-order chi connectivity index (χ1) is 14.5. The van der Waals surface area contributed by atoms with Crippen molar-refractivity contribution in [1.29, 1.82) is 0 Å². The first-order valence-electron chi connectivity index (χ1n) is 9.19. The number of halogens is 1. The molecule has 0 saturated heterocycles. The molecule has 0 spiro atoms. The van der Waals surface area contributed by atoms with Crippen molar-refractivity contribution in [3.8, 4) is 34.3 Å². The van der Waals surface area contributed by atoms with Crippen LogP contribution in [0.4, 0.5) is 4.39 Å². The summed E-state index contributed by atoms with van der Waals surface area (Å²) in [4.78, 5) is 16.5. The second-order valence-electron chi connectivity index (χ2n) is 6.65. The van der Waals surface area contributed by atoms with Crippen LogP contribution < -0.4 is 9.47 Å². The summed E-state index contributed by atoms with van der Waals surface area (Å²) in [6.45, 7) is 1.45. The number of hydrogen-bond donors (Lipinski definition) is 0. The molecule has 4 aromatic rings. The van der Waals surface area contributed by atoms with Crippen LogP contribution in [0.1, 0.15) is 17.3 Å². The van der Waals surface area contributed by atoms with Crippen LogP contribution >= 0.6 is 0 Å². The summed E-state index contributed by atoms with van der Waals surface area (Å²) >= 11 is 0. The maximum atomic E-state index is 13.1. The predicted molar refractivity (Wildman–Crippen MR) is 109 cm³/mol. The van der Waals surface area contributed by atoms with Gasteiger partial charge in [-0.15, -0.1) is 0 Å². The number of aromatic nitrogens is 3. The zero-order valence-corrected chi connectivity index (χ0v) is 16.4. The van der Waals surface area contributed by atoms with Gasteiger partial charge in [-0.05, 0) is 55.5 Å². The Bertz CT molecular complexity index is 1200. The van der Waals surface area contributed by atoms with Crippen LogP contribution in [0, 0.1) is 5.82 Å². The Morgan fingerprint density at radius 1 is 0.967 bits per heavy atom. The SMILES string of the molecule is CC(=O)c1cc(Oc2ccnc(-c3cnn(C)c3)c2)ccc1Oc1ccc(F)cc1. The minimum atomic E-state index is -0.360. The van der Waals surface area contributed by atoms with Gasteiger partial charge in [0.05, 0.1) is 17.5 Å². The molecule has 7 heteroatoms. The van der Waals surface area contributed by atoms with Crippen molar-refractivity contribution >= 4 is 5.78 Å². The van der Waals surface area contributed by atoms with Crippen molar-refractivity contribution in [3.63, 3.8) is 0 Å². The largest absolute Gasteiger partial charge is 0.457 e. The number of Topliss-reactive ketones (excluding diaryl/α,β-unsaturated/α-hetero) is 1. The van der Waals surface area contributed by atoms with Gasteiger partial charge in [0.25, 0.3) is 0 Å². The summed E-state index contributed by atoms with van der Waals surface area (Å²) in [7, 11) is 1.84. The van der Waals surface area contributed by atoms with E-state index in [1.807, 2.05) is 13.2 Å². The lowest BCUT2D eigenvalue weighted by Gasteiger charge is -2.12. The normalized spacial score (nSPS) is 10.6. The smallest absolute Gasteiger partial charge is 0.163 e. The fourth-order valence-electron chi connectivity index (χ4n) is 2.89. The highest BCUT2D eigenvalue weighted by molar-refractivity contribution is 5.97. The third-order valence-corrected chi connectivity index (χ3v) is 4.34. The molecule has 0 amide bonds. The van der Waals surface area contributed by atoms with Crippen LogP contribution in [0.3, 0.4) is 0 Å². The summed E-state index contributed by atoms with van der Waals surface area (Å²) in [5.74, 6) is 1.32. The Morgan fingerprint density at radius 3 is 2.40 bits per heavy atom. The van der Waals surface area contributed by atoms with Crippen molar-refractivity contribution < 1.29 is 18.7 Å². The van der Waals surface area contributed by atoms with Gasteiger partial charge >= 0.3 is 0 Å². The average Bonchev–Trinajstić information content (AvgIpc) is 3.17. The van der Waals surface area contributed by atoms with Gasteiger partial charge in [-0.25, -0.2) is 4.39 Å². The molecule has 0 N–H and O–H groups in total. The highest BCUT2D eigenvalue weighted by Crippen LogP contribution is 2.32. The minimum Gasteiger partial charge on any atom is -0.457 e. The highest BCUT2D eigenvalue weighted by atomic mass is 19.1. The molecule has 0 aliphatic carbocycles. The third-order valence-electron chi connectivity index (χ3n) is 4.34. The number of hydrogen-bond acceptors (Lipinski definition) is 5. The zero-order chi connectivity index (χ0) is 21.1. The monoisotopic (exact) mass is 403 g/mol. The Kier molecular flexibility index (Phi) is 5.26. The second-order valence-corrected chi connectivity index (χ2v) is 6.65. The van der Waals surface area contributed by atoms with E-state index in [1.165, 1.54) is 31.2 Å². The third kappa shape index (κ3) is 4.35. The van der Waals surface area contributed by atoms with E-state index in [2.05, 4.69) is 10.1 Å². The first-order valence-corrected chi connectivity index (χ1v) is 9.19. The number of rotatable bonds is 6. The topological polar surface area (TPSA) is 66.2 Å². The molecule has 2 aromatic heterocycles. The summed E-state index contributed by atoms with van der Waals surface area (Å²) in [5, 5.41) is 4.15. The van der Waals surface area contributed by atoms with Crippen LogP contribution in [0.2, 0.25) is 0 Å². The molecule has 0 aliphatic rings. The Balaban J connectivity index is 1.58. The molecular formula is C23H18FN3O3. The van der Waals surface area contributed by atoms with E-state index in [0.717, 1.165) is 11.3 Å². The lowest BCUT2D eigenvalue weighted by atomic mass is 10.1. The van der Waals surface area contributed by atoms with Crippen LogP contribution in [0.15, 0.2) is 73.2 Å². The Hall–Kier alpha value is -4.00. The molecule has 0 bridgehead atoms. The fourth-order valence-corrected chi connectivity index (χ4v) is 2.89. The lowest BCUT2D eigenvalue weighted by molar-refractivity contribution is 0.101. The molecule has 0 radical (unpaired) electrons. The molecular weight excluding hydrogens is 385 g/mol. The maximum Gasteiger partial charge on any atom is 0.163 e. The Labute approximate surface area is 172 Å². The molecule has 4 rings (SSSR count). The van der Waals surface area contributed by atoms with Gasteiger partial charge in [0.15, 0.2) is 5.78 Å². The van der Waals surface area contributed by atoms with Crippen molar-refractivity contribution in [2.24, 2.45) is 7.05 Å². The summed E-state index contributed by atoms with van der Waals surface area (Å²) in [6.07, 6.45) is 5.23. The molecule has 2 heterocycles. The van der Waals surface area contributed by atoms with Crippen LogP contribution in [-0.2, 0) is 7.05 Å². The summed E-state index contributed by atoms with van der Waals surface area (Å²) in [6, 6.07) is 14.1. The van der Waals surface area contributed by atoms with E-state index < -0.39 is 0 Å². The Morgan fingerprint density at radius 2 is 1.70 bits per heavy atom. The zero-order valence-electron chi connectivity index (χ0n) is 16.4. The molecule has 0 aliphatic heterocycles. The van der Waals surface area contributed by atoms with E-state index in [9.17, 15) is 9.18 Å². The predicted octanol–water partition coefficient (Wildman–Crippen LogP) is 5.41. The van der Waals surface area contributed by atoms with E-state index >= 15 is 0 Å². The molecule has 6 nitrogen and oxygen atoms in total. The van der Waals surface area contributed by atoms with Gasteiger partial charge in [-0.3, -0.25) is 14.5 Å². The highest BCUT2D eigenvalue weighted by Gasteiger charge is 2.13. The van der Waals surface area contributed by atoms with Crippen LogP contribution in [0.25, 0.3) is 11.3 Å². The van der Waals surface area contributed by atoms with E-state index in [-0.39, 0.29) is 11.6 Å². The number of ketones is 1. The molecule has 0 unspecified atom stereocenters. The molecule has 2 aromatic carbocycles. The second kappa shape index (κ2) is 8.16. The van der Waals surface area contributed by atoms with Crippen molar-refractivity contribution in [2.45, 2.75) is 6.92 Å². The van der Waals surface area contributed by atoms with Crippen LogP contribution in [0.5, 0.6) is 23.0 Å². The fraction of sp³-hybridized carbons (Fsp3) is 0.0870. The van der Waals surface area contributed by atoms with Crippen molar-refractivity contribution in [1.82, 2.24) is 14.8 Å². The number of carbonyl (C=O) groups is 1. The van der Waals surface area contributed by atoms with Gasteiger partial charge in [-0.1, -0.05) is 0 Å². The quantitative estimate of drug-likeness (QED) is 0.403. The van der Waals surface area contributed by atoms with Gasteiger partial charge in [0.2, 0.25) is 0 Å². The van der Waals surface area contributed by atoms with Gasteiger partial charge in [-0.2, -0.15) is 5.10 Å². The van der Waals surface area contributed by atoms with Crippen molar-refractivity contribution in [2.75, 3.05) is 0 Å². The number of nitrogens with zero attached hydrogens (tertiary/aromatic N) is 3. The number of pyridine rings is 1. The lowest BCUT2D eigenvalue weighted by Crippen LogP contribution is -1.98. The average molecular weight is 403 g/mol. The molecule has 0 atom stereocenters. The summed E-state index contributed by atoms with van der Waals surface area (Å²) in [5.41, 5.74) is 1.96. The van der Waals surface area contributed by atoms with Gasteiger partial charge < -0.3 is 9.47 Å². The van der Waals surface area contributed by atoms with E-state index in [0.29, 0.717) is 28.6 Å². The maximum absolute atomic E-state index is 13.1. The number of carbonyl (C=O) groups excluding carboxylic acids is 1. The molecule has 0 saturated carbocycles. The molecule has 150 valence electrons. The first kappa shape index (κ1) is 19.3. The van der Waals surface area contributed by atoms with Crippen LogP contribution in [-0.4, -0.2) is 20.5 Å². The van der Waals surface area contributed by atoms with Gasteiger partial charge in [0.1, 0.15) is 28.8 Å². The number of ether oxygens (including phenoxy) is 2. The van der Waals surface area contributed by atoms with E-state index in [1.54, 1.807) is 47.4 Å². The molecule has 0 fully saturated rings. The van der Waals surface area contributed by atoms with E-state index in [4.69, 9.17) is 9.47 Å².